The lowest BCUT2D eigenvalue weighted by atomic mass is 10.1. The number of carbonyl (C=O) groups excluding carboxylic acids is 1. The van der Waals surface area contributed by atoms with E-state index < -0.39 is 11.7 Å². The van der Waals surface area contributed by atoms with E-state index in [-0.39, 0.29) is 17.1 Å². The number of hydrogen-bond donors (Lipinski definition) is 1. The summed E-state index contributed by atoms with van der Waals surface area (Å²) in [6.07, 6.45) is 0. The Labute approximate surface area is 141 Å². The molecule has 1 aromatic heterocycles. The largest absolute Gasteiger partial charge is 0.451 e. The summed E-state index contributed by atoms with van der Waals surface area (Å²) in [5.74, 6) is -0.587. The van der Waals surface area contributed by atoms with Crippen LogP contribution in [0.25, 0.3) is 11.3 Å². The zero-order valence-electron chi connectivity index (χ0n) is 11.6. The zero-order chi connectivity index (χ0) is 16.4. The van der Waals surface area contributed by atoms with Crippen molar-refractivity contribution in [2.24, 2.45) is 0 Å². The molecule has 3 rings (SSSR count). The first-order valence-electron chi connectivity index (χ1n) is 6.66. The smallest absolute Gasteiger partial charge is 0.291 e. The predicted octanol–water partition coefficient (Wildman–Crippen LogP) is 5.64. The second kappa shape index (κ2) is 6.44. The quantitative estimate of drug-likeness (QED) is 0.664. The Hall–Kier alpha value is -2.30. The van der Waals surface area contributed by atoms with Crippen LogP contribution in [0.15, 0.2) is 59.0 Å². The van der Waals surface area contributed by atoms with Crippen LogP contribution in [0.2, 0.25) is 10.0 Å². The first kappa shape index (κ1) is 15.6. The van der Waals surface area contributed by atoms with Crippen molar-refractivity contribution in [3.8, 4) is 11.3 Å². The molecule has 0 saturated carbocycles. The fourth-order valence-electron chi connectivity index (χ4n) is 2.04. The Kier molecular flexibility index (Phi) is 4.37. The summed E-state index contributed by atoms with van der Waals surface area (Å²) in [5, 5.41) is 3.39. The minimum Gasteiger partial charge on any atom is -0.451 e. The molecule has 0 atom stereocenters. The van der Waals surface area contributed by atoms with Crippen LogP contribution in [0.3, 0.4) is 0 Å². The Morgan fingerprint density at radius 1 is 1.04 bits per heavy atom. The van der Waals surface area contributed by atoms with Gasteiger partial charge >= 0.3 is 0 Å². The van der Waals surface area contributed by atoms with Crippen molar-refractivity contribution >= 4 is 34.8 Å². The van der Waals surface area contributed by atoms with Crippen molar-refractivity contribution in [1.29, 1.82) is 0 Å². The summed E-state index contributed by atoms with van der Waals surface area (Å²) in [6, 6.07) is 13.9. The highest BCUT2D eigenvalue weighted by atomic mass is 35.5. The van der Waals surface area contributed by atoms with Crippen LogP contribution in [0, 0.1) is 5.82 Å². The van der Waals surface area contributed by atoms with Crippen molar-refractivity contribution in [1.82, 2.24) is 0 Å². The van der Waals surface area contributed by atoms with Gasteiger partial charge in [0.25, 0.3) is 5.91 Å². The van der Waals surface area contributed by atoms with Gasteiger partial charge in [-0.05, 0) is 42.5 Å². The molecule has 3 nitrogen and oxygen atoms in total. The molecule has 0 radical (unpaired) electrons. The molecule has 0 fully saturated rings. The van der Waals surface area contributed by atoms with Crippen LogP contribution in [0.4, 0.5) is 10.1 Å². The first-order valence-corrected chi connectivity index (χ1v) is 7.41. The molecule has 0 aliphatic rings. The molecule has 23 heavy (non-hydrogen) atoms. The van der Waals surface area contributed by atoms with E-state index >= 15 is 0 Å². The van der Waals surface area contributed by atoms with E-state index in [1.807, 2.05) is 0 Å². The molecule has 116 valence electrons. The summed E-state index contributed by atoms with van der Waals surface area (Å²) in [4.78, 5) is 12.2. The minimum atomic E-state index is -0.489. The average Bonchev–Trinajstić information content (AvgIpc) is 3.00. The standard InChI is InChI=1S/C17H10Cl2FNO2/c18-10-5-6-14(12(19)9-10)21-17(22)16-8-7-15(23-16)11-3-1-2-4-13(11)20/h1-9H,(H,21,22). The van der Waals surface area contributed by atoms with Crippen molar-refractivity contribution in [2.45, 2.75) is 0 Å². The van der Waals surface area contributed by atoms with Crippen LogP contribution in [-0.4, -0.2) is 5.91 Å². The van der Waals surface area contributed by atoms with E-state index in [1.54, 1.807) is 30.3 Å². The van der Waals surface area contributed by atoms with Crippen LogP contribution in [0.1, 0.15) is 10.6 Å². The molecule has 1 N–H and O–H groups in total. The van der Waals surface area contributed by atoms with E-state index in [0.717, 1.165) is 0 Å². The lowest BCUT2D eigenvalue weighted by molar-refractivity contribution is 0.0997. The van der Waals surface area contributed by atoms with Gasteiger partial charge in [0, 0.05) is 5.02 Å². The third-order valence-electron chi connectivity index (χ3n) is 3.15. The van der Waals surface area contributed by atoms with E-state index in [0.29, 0.717) is 15.7 Å². The van der Waals surface area contributed by atoms with Crippen LogP contribution in [-0.2, 0) is 0 Å². The maximum atomic E-state index is 13.7. The summed E-state index contributed by atoms with van der Waals surface area (Å²) in [5.41, 5.74) is 0.695. The normalized spacial score (nSPS) is 10.6. The SMILES string of the molecule is O=C(Nc1ccc(Cl)cc1Cl)c1ccc(-c2ccccc2F)o1. The highest BCUT2D eigenvalue weighted by Gasteiger charge is 2.15. The van der Waals surface area contributed by atoms with Crippen LogP contribution >= 0.6 is 23.2 Å². The molecule has 1 heterocycles. The number of carbonyl (C=O) groups is 1. The van der Waals surface area contributed by atoms with Crippen molar-refractivity contribution in [3.63, 3.8) is 0 Å². The van der Waals surface area contributed by atoms with Gasteiger partial charge < -0.3 is 9.73 Å². The number of benzene rings is 2. The molecule has 0 unspecified atom stereocenters. The Morgan fingerprint density at radius 2 is 1.83 bits per heavy atom. The fourth-order valence-corrected chi connectivity index (χ4v) is 2.50. The second-order valence-electron chi connectivity index (χ2n) is 4.72. The van der Waals surface area contributed by atoms with Gasteiger partial charge in [-0.2, -0.15) is 0 Å². The third-order valence-corrected chi connectivity index (χ3v) is 3.70. The Morgan fingerprint density at radius 3 is 2.57 bits per heavy atom. The van der Waals surface area contributed by atoms with Crippen molar-refractivity contribution in [3.05, 3.63) is 76.2 Å². The van der Waals surface area contributed by atoms with E-state index in [1.165, 1.54) is 24.3 Å². The van der Waals surface area contributed by atoms with Gasteiger partial charge in [0.2, 0.25) is 0 Å². The maximum Gasteiger partial charge on any atom is 0.291 e. The van der Waals surface area contributed by atoms with Crippen LogP contribution < -0.4 is 5.32 Å². The first-order chi connectivity index (χ1) is 11.0. The highest BCUT2D eigenvalue weighted by molar-refractivity contribution is 6.36. The topological polar surface area (TPSA) is 42.2 Å². The fraction of sp³-hybridized carbons (Fsp3) is 0. The Bertz CT molecular complexity index is 877. The number of halogens is 3. The average molecular weight is 350 g/mol. The molecule has 0 aliphatic carbocycles. The minimum absolute atomic E-state index is 0.0502. The number of hydrogen-bond acceptors (Lipinski definition) is 2. The van der Waals surface area contributed by atoms with Gasteiger partial charge in [-0.1, -0.05) is 35.3 Å². The molecular formula is C17H10Cl2FNO2. The number of amides is 1. The van der Waals surface area contributed by atoms with Gasteiger partial charge in [0.15, 0.2) is 5.76 Å². The predicted molar refractivity (Wildman–Crippen MR) is 88.5 cm³/mol. The summed E-state index contributed by atoms with van der Waals surface area (Å²) in [7, 11) is 0. The number of nitrogens with one attached hydrogen (secondary N) is 1. The Balaban J connectivity index is 1.83. The number of furan rings is 1. The molecule has 0 aliphatic heterocycles. The van der Waals surface area contributed by atoms with Gasteiger partial charge in [-0.15, -0.1) is 0 Å². The van der Waals surface area contributed by atoms with E-state index in [2.05, 4.69) is 5.32 Å². The summed E-state index contributed by atoms with van der Waals surface area (Å²) in [6.45, 7) is 0. The number of anilines is 1. The van der Waals surface area contributed by atoms with Gasteiger partial charge in [-0.3, -0.25) is 4.79 Å². The second-order valence-corrected chi connectivity index (χ2v) is 5.57. The molecular weight excluding hydrogens is 340 g/mol. The van der Waals surface area contributed by atoms with E-state index in [4.69, 9.17) is 27.6 Å². The van der Waals surface area contributed by atoms with Crippen molar-refractivity contribution in [2.75, 3.05) is 5.32 Å². The van der Waals surface area contributed by atoms with Crippen molar-refractivity contribution < 1.29 is 13.6 Å². The van der Waals surface area contributed by atoms with Crippen LogP contribution in [0.5, 0.6) is 0 Å². The molecule has 0 saturated heterocycles. The summed E-state index contributed by atoms with van der Waals surface area (Å²) < 4.78 is 19.2. The molecule has 1 amide bonds. The summed E-state index contributed by atoms with van der Waals surface area (Å²) >= 11 is 11.8. The monoisotopic (exact) mass is 349 g/mol. The third kappa shape index (κ3) is 3.38. The lowest BCUT2D eigenvalue weighted by Crippen LogP contribution is -2.11. The molecule has 2 aromatic carbocycles. The molecule has 0 spiro atoms. The van der Waals surface area contributed by atoms with Gasteiger partial charge in [0.1, 0.15) is 11.6 Å². The highest BCUT2D eigenvalue weighted by Crippen LogP contribution is 2.28. The van der Waals surface area contributed by atoms with E-state index in [9.17, 15) is 9.18 Å². The molecule has 6 heteroatoms. The molecule has 3 aromatic rings. The van der Waals surface area contributed by atoms with Gasteiger partial charge in [0.05, 0.1) is 16.3 Å². The zero-order valence-corrected chi connectivity index (χ0v) is 13.2. The number of rotatable bonds is 3. The van der Waals surface area contributed by atoms with Gasteiger partial charge in [-0.25, -0.2) is 4.39 Å². The molecule has 0 bridgehead atoms. The maximum absolute atomic E-state index is 13.7. The lowest BCUT2D eigenvalue weighted by Gasteiger charge is -2.05.